The van der Waals surface area contributed by atoms with Gasteiger partial charge in [-0.1, -0.05) is 19.1 Å². The molecule has 1 fully saturated rings. The molecule has 2 unspecified atom stereocenters. The number of carbonyl (C=O) groups is 1. The number of ketones is 1. The van der Waals surface area contributed by atoms with Gasteiger partial charge in [0.25, 0.3) is 0 Å². The molecule has 0 saturated carbocycles. The number of nitrogens with one attached hydrogen (secondary N) is 1. The SMILES string of the molecule is CC1CNCC1C(=O)Cc1ccc(C(F)(F)F)cc1. The molecule has 0 aromatic heterocycles. The Bertz CT molecular complexity index is 453. The molecule has 0 spiro atoms. The van der Waals surface area contributed by atoms with Gasteiger partial charge < -0.3 is 5.32 Å². The quantitative estimate of drug-likeness (QED) is 0.915. The minimum Gasteiger partial charge on any atom is -0.316 e. The molecule has 1 saturated heterocycles. The fourth-order valence-corrected chi connectivity index (χ4v) is 2.38. The molecule has 2 rings (SSSR count). The maximum Gasteiger partial charge on any atom is 0.416 e. The predicted molar refractivity (Wildman–Crippen MR) is 65.7 cm³/mol. The summed E-state index contributed by atoms with van der Waals surface area (Å²) >= 11 is 0. The van der Waals surface area contributed by atoms with Gasteiger partial charge in [-0.3, -0.25) is 4.79 Å². The van der Waals surface area contributed by atoms with Crippen molar-refractivity contribution >= 4 is 5.78 Å². The number of halogens is 3. The van der Waals surface area contributed by atoms with Crippen LogP contribution in [-0.4, -0.2) is 18.9 Å². The van der Waals surface area contributed by atoms with Gasteiger partial charge in [-0.05, 0) is 30.2 Å². The van der Waals surface area contributed by atoms with Gasteiger partial charge in [0.05, 0.1) is 5.56 Å². The zero-order chi connectivity index (χ0) is 14.0. The first-order valence-electron chi connectivity index (χ1n) is 6.27. The van der Waals surface area contributed by atoms with Crippen LogP contribution in [0.3, 0.4) is 0 Å². The zero-order valence-corrected chi connectivity index (χ0v) is 10.6. The molecule has 1 aromatic rings. The van der Waals surface area contributed by atoms with Gasteiger partial charge in [0.2, 0.25) is 0 Å². The van der Waals surface area contributed by atoms with Crippen molar-refractivity contribution in [3.63, 3.8) is 0 Å². The lowest BCUT2D eigenvalue weighted by Gasteiger charge is -2.13. The molecule has 1 N–H and O–H groups in total. The summed E-state index contributed by atoms with van der Waals surface area (Å²) in [6.07, 6.45) is -4.12. The zero-order valence-electron chi connectivity index (χ0n) is 10.6. The van der Waals surface area contributed by atoms with E-state index in [-0.39, 0.29) is 18.1 Å². The van der Waals surface area contributed by atoms with Gasteiger partial charge in [0.15, 0.2) is 0 Å². The van der Waals surface area contributed by atoms with Crippen LogP contribution in [0.4, 0.5) is 13.2 Å². The van der Waals surface area contributed by atoms with E-state index in [1.165, 1.54) is 12.1 Å². The summed E-state index contributed by atoms with van der Waals surface area (Å²) in [6.45, 7) is 3.50. The summed E-state index contributed by atoms with van der Waals surface area (Å²) in [5, 5.41) is 3.15. The molecule has 5 heteroatoms. The summed E-state index contributed by atoms with van der Waals surface area (Å²) in [4.78, 5) is 12.0. The van der Waals surface area contributed by atoms with E-state index in [0.29, 0.717) is 18.0 Å². The van der Waals surface area contributed by atoms with Gasteiger partial charge in [0, 0.05) is 18.9 Å². The van der Waals surface area contributed by atoms with Gasteiger partial charge in [0.1, 0.15) is 5.78 Å². The first kappa shape index (κ1) is 14.1. The Labute approximate surface area is 110 Å². The van der Waals surface area contributed by atoms with Crippen LogP contribution in [0.25, 0.3) is 0 Å². The van der Waals surface area contributed by atoms with Gasteiger partial charge in [-0.15, -0.1) is 0 Å². The molecule has 2 atom stereocenters. The van der Waals surface area contributed by atoms with E-state index in [9.17, 15) is 18.0 Å². The molecule has 19 heavy (non-hydrogen) atoms. The third-order valence-electron chi connectivity index (χ3n) is 3.59. The minimum absolute atomic E-state index is 0.0257. The molecule has 2 nitrogen and oxygen atoms in total. The van der Waals surface area contributed by atoms with Crippen molar-refractivity contribution in [3.05, 3.63) is 35.4 Å². The Balaban J connectivity index is 2.02. The van der Waals surface area contributed by atoms with Crippen LogP contribution in [0, 0.1) is 11.8 Å². The molecule has 1 heterocycles. The van der Waals surface area contributed by atoms with E-state index < -0.39 is 11.7 Å². The number of hydrogen-bond acceptors (Lipinski definition) is 2. The Morgan fingerprint density at radius 1 is 1.26 bits per heavy atom. The number of benzene rings is 1. The van der Waals surface area contributed by atoms with Crippen molar-refractivity contribution in [1.29, 1.82) is 0 Å². The van der Waals surface area contributed by atoms with Crippen molar-refractivity contribution < 1.29 is 18.0 Å². The molecule has 1 aliphatic rings. The highest BCUT2D eigenvalue weighted by Gasteiger charge is 2.31. The van der Waals surface area contributed by atoms with Crippen LogP contribution >= 0.6 is 0 Å². The maximum atomic E-state index is 12.4. The third kappa shape index (κ3) is 3.35. The molecule has 0 radical (unpaired) electrons. The van der Waals surface area contributed by atoms with Gasteiger partial charge in [-0.2, -0.15) is 13.2 Å². The molecule has 0 bridgehead atoms. The van der Waals surface area contributed by atoms with Crippen LogP contribution in [0.15, 0.2) is 24.3 Å². The maximum absolute atomic E-state index is 12.4. The standard InChI is InChI=1S/C14H16F3NO/c1-9-7-18-8-12(9)13(19)6-10-2-4-11(5-3-10)14(15,16)17/h2-5,9,12,18H,6-8H2,1H3. The number of hydrogen-bond donors (Lipinski definition) is 1. The van der Waals surface area contributed by atoms with Crippen LogP contribution in [-0.2, 0) is 17.4 Å². The average molecular weight is 271 g/mol. The van der Waals surface area contributed by atoms with Crippen LogP contribution < -0.4 is 5.32 Å². The monoisotopic (exact) mass is 271 g/mol. The fourth-order valence-electron chi connectivity index (χ4n) is 2.38. The summed E-state index contributed by atoms with van der Waals surface area (Å²) in [7, 11) is 0. The Hall–Kier alpha value is -1.36. The lowest BCUT2D eigenvalue weighted by atomic mass is 9.90. The van der Waals surface area contributed by atoms with Crippen LogP contribution in [0.1, 0.15) is 18.1 Å². The van der Waals surface area contributed by atoms with Crippen LogP contribution in [0.2, 0.25) is 0 Å². The van der Waals surface area contributed by atoms with E-state index in [0.717, 1.165) is 18.7 Å². The summed E-state index contributed by atoms with van der Waals surface area (Å²) in [5.41, 5.74) is -0.0447. The van der Waals surface area contributed by atoms with Crippen molar-refractivity contribution in [2.75, 3.05) is 13.1 Å². The predicted octanol–water partition coefficient (Wildman–Crippen LogP) is 2.67. The van der Waals surface area contributed by atoms with Gasteiger partial charge in [-0.25, -0.2) is 0 Å². The fraction of sp³-hybridized carbons (Fsp3) is 0.500. The van der Waals surface area contributed by atoms with E-state index >= 15 is 0 Å². The highest BCUT2D eigenvalue weighted by molar-refractivity contribution is 5.84. The second kappa shape index (κ2) is 5.33. The Kier molecular flexibility index (Phi) is 3.94. The summed E-state index contributed by atoms with van der Waals surface area (Å²) in [6, 6.07) is 4.82. The summed E-state index contributed by atoms with van der Waals surface area (Å²) in [5.74, 6) is 0.362. The molecule has 1 aromatic carbocycles. The topological polar surface area (TPSA) is 29.1 Å². The second-order valence-corrected chi connectivity index (χ2v) is 5.08. The van der Waals surface area contributed by atoms with Crippen molar-refractivity contribution in [2.45, 2.75) is 19.5 Å². The molecular formula is C14H16F3NO. The Morgan fingerprint density at radius 3 is 2.37 bits per heavy atom. The minimum atomic E-state index is -4.33. The lowest BCUT2D eigenvalue weighted by Crippen LogP contribution is -2.23. The van der Waals surface area contributed by atoms with E-state index in [2.05, 4.69) is 5.32 Å². The van der Waals surface area contributed by atoms with E-state index in [1.807, 2.05) is 6.92 Å². The second-order valence-electron chi connectivity index (χ2n) is 5.08. The normalized spacial score (nSPS) is 23.6. The van der Waals surface area contributed by atoms with Crippen molar-refractivity contribution in [3.8, 4) is 0 Å². The number of carbonyl (C=O) groups excluding carboxylic acids is 1. The van der Waals surface area contributed by atoms with Gasteiger partial charge >= 0.3 is 6.18 Å². The lowest BCUT2D eigenvalue weighted by molar-refractivity contribution is -0.137. The highest BCUT2D eigenvalue weighted by atomic mass is 19.4. The molecule has 104 valence electrons. The highest BCUT2D eigenvalue weighted by Crippen LogP contribution is 2.29. The van der Waals surface area contributed by atoms with Crippen LogP contribution in [0.5, 0.6) is 0 Å². The Morgan fingerprint density at radius 2 is 1.89 bits per heavy atom. The average Bonchev–Trinajstić information content (AvgIpc) is 2.75. The van der Waals surface area contributed by atoms with Crippen molar-refractivity contribution in [2.24, 2.45) is 11.8 Å². The number of rotatable bonds is 3. The number of Topliss-reactive ketones (excluding diaryl/α,β-unsaturated/α-hetero) is 1. The molecule has 1 aliphatic heterocycles. The smallest absolute Gasteiger partial charge is 0.316 e. The summed E-state index contributed by atoms with van der Waals surface area (Å²) < 4.78 is 37.2. The van der Waals surface area contributed by atoms with E-state index in [1.54, 1.807) is 0 Å². The van der Waals surface area contributed by atoms with Crippen molar-refractivity contribution in [1.82, 2.24) is 5.32 Å². The first-order valence-corrected chi connectivity index (χ1v) is 6.27. The van der Waals surface area contributed by atoms with E-state index in [4.69, 9.17) is 0 Å². The third-order valence-corrected chi connectivity index (χ3v) is 3.59. The molecular weight excluding hydrogens is 255 g/mol. The largest absolute Gasteiger partial charge is 0.416 e. The first-order chi connectivity index (χ1) is 8.88. The molecule has 0 aliphatic carbocycles. The molecule has 0 amide bonds. The number of alkyl halides is 3.